The summed E-state index contributed by atoms with van der Waals surface area (Å²) in [5.41, 5.74) is 0. The molecule has 1 aliphatic heterocycles. The molecule has 0 amide bonds. The Kier molecular flexibility index (Phi) is 7.28. The van der Waals surface area contributed by atoms with Gasteiger partial charge in [-0.15, -0.1) is 0 Å². The highest BCUT2D eigenvalue weighted by Gasteiger charge is 2.21. The number of nitrogens with zero attached hydrogens (tertiary/aromatic N) is 2. The standard InChI is InChI=1S/C13H29N3O2S/c1-4-15-11-7-8-13(12-15)9-10-14-19(17,18)16(5-2)6-3/h13-14H,4-12H2,1-3H3/t13-/m0/s1. The predicted octanol–water partition coefficient (Wildman–Crippen LogP) is 1.28. The van der Waals surface area contributed by atoms with E-state index in [1.54, 1.807) is 0 Å². The Labute approximate surface area is 118 Å². The second kappa shape index (κ2) is 8.19. The van der Waals surface area contributed by atoms with E-state index in [1.165, 1.54) is 23.7 Å². The highest BCUT2D eigenvalue weighted by atomic mass is 32.2. The van der Waals surface area contributed by atoms with E-state index in [2.05, 4.69) is 16.5 Å². The molecular weight excluding hydrogens is 262 g/mol. The predicted molar refractivity (Wildman–Crippen MR) is 79.3 cm³/mol. The Morgan fingerprint density at radius 2 is 1.95 bits per heavy atom. The molecule has 0 aromatic carbocycles. The molecule has 1 atom stereocenters. The Bertz CT molecular complexity index is 342. The molecule has 1 aliphatic rings. The van der Waals surface area contributed by atoms with Crippen LogP contribution in [-0.4, -0.2) is 56.9 Å². The summed E-state index contributed by atoms with van der Waals surface area (Å²) in [4.78, 5) is 2.45. The molecular formula is C13H29N3O2S. The van der Waals surface area contributed by atoms with Crippen molar-refractivity contribution < 1.29 is 8.42 Å². The van der Waals surface area contributed by atoms with Gasteiger partial charge in [0.05, 0.1) is 0 Å². The average Bonchev–Trinajstić information content (AvgIpc) is 2.40. The van der Waals surface area contributed by atoms with Gasteiger partial charge < -0.3 is 4.90 Å². The van der Waals surface area contributed by atoms with Gasteiger partial charge in [0.1, 0.15) is 0 Å². The number of likely N-dealkylation sites (tertiary alicyclic amines) is 1. The van der Waals surface area contributed by atoms with Crippen molar-refractivity contribution in [3.05, 3.63) is 0 Å². The summed E-state index contributed by atoms with van der Waals surface area (Å²) in [5, 5.41) is 0. The first-order valence-electron chi connectivity index (χ1n) is 7.50. The van der Waals surface area contributed by atoms with Crippen LogP contribution in [0.5, 0.6) is 0 Å². The van der Waals surface area contributed by atoms with Crippen molar-refractivity contribution in [3.63, 3.8) is 0 Å². The van der Waals surface area contributed by atoms with Crippen molar-refractivity contribution in [2.24, 2.45) is 5.92 Å². The average molecular weight is 291 g/mol. The highest BCUT2D eigenvalue weighted by molar-refractivity contribution is 7.87. The van der Waals surface area contributed by atoms with E-state index in [0.717, 1.165) is 19.5 Å². The third kappa shape index (κ3) is 5.38. The second-order valence-corrected chi connectivity index (χ2v) is 6.93. The SMILES string of the molecule is CCN1CCC[C@@H](CCNS(=O)(=O)N(CC)CC)C1. The zero-order valence-electron chi connectivity index (χ0n) is 12.6. The largest absolute Gasteiger partial charge is 0.303 e. The minimum absolute atomic E-state index is 0.527. The summed E-state index contributed by atoms with van der Waals surface area (Å²) in [6.45, 7) is 10.9. The third-order valence-electron chi connectivity index (χ3n) is 3.93. The fraction of sp³-hybridized carbons (Fsp3) is 1.00. The van der Waals surface area contributed by atoms with Gasteiger partial charge in [-0.2, -0.15) is 12.7 Å². The zero-order chi connectivity index (χ0) is 14.3. The maximum absolute atomic E-state index is 12.0. The van der Waals surface area contributed by atoms with Gasteiger partial charge in [0.2, 0.25) is 0 Å². The molecule has 5 nitrogen and oxygen atoms in total. The lowest BCUT2D eigenvalue weighted by molar-refractivity contribution is 0.177. The van der Waals surface area contributed by atoms with Crippen LogP contribution in [0.1, 0.15) is 40.0 Å². The van der Waals surface area contributed by atoms with Gasteiger partial charge in [-0.05, 0) is 38.3 Å². The first-order valence-corrected chi connectivity index (χ1v) is 8.94. The molecule has 6 heteroatoms. The van der Waals surface area contributed by atoms with Crippen LogP contribution in [0.2, 0.25) is 0 Å². The first kappa shape index (κ1) is 16.9. The maximum atomic E-state index is 12.0. The quantitative estimate of drug-likeness (QED) is 0.733. The van der Waals surface area contributed by atoms with Crippen LogP contribution >= 0.6 is 0 Å². The van der Waals surface area contributed by atoms with Crippen molar-refractivity contribution in [3.8, 4) is 0 Å². The first-order chi connectivity index (χ1) is 9.03. The van der Waals surface area contributed by atoms with Gasteiger partial charge in [-0.3, -0.25) is 0 Å². The number of rotatable bonds is 8. The van der Waals surface area contributed by atoms with E-state index in [9.17, 15) is 8.42 Å². The van der Waals surface area contributed by atoms with E-state index in [4.69, 9.17) is 0 Å². The maximum Gasteiger partial charge on any atom is 0.279 e. The normalized spacial score (nSPS) is 22.0. The molecule has 0 aromatic heterocycles. The van der Waals surface area contributed by atoms with Gasteiger partial charge in [-0.1, -0.05) is 20.8 Å². The lowest BCUT2D eigenvalue weighted by Crippen LogP contribution is -2.42. The summed E-state index contributed by atoms with van der Waals surface area (Å²) in [6.07, 6.45) is 3.40. The fourth-order valence-corrected chi connectivity index (χ4v) is 3.96. The van der Waals surface area contributed by atoms with Crippen molar-refractivity contribution in [2.75, 3.05) is 39.3 Å². The summed E-state index contributed by atoms with van der Waals surface area (Å²) in [7, 11) is -3.27. The topological polar surface area (TPSA) is 52.7 Å². The Balaban J connectivity index is 2.33. The van der Waals surface area contributed by atoms with Crippen molar-refractivity contribution in [2.45, 2.75) is 40.0 Å². The van der Waals surface area contributed by atoms with Crippen LogP contribution in [0, 0.1) is 5.92 Å². The molecule has 0 bridgehead atoms. The summed E-state index contributed by atoms with van der Waals surface area (Å²) < 4.78 is 28.1. The van der Waals surface area contributed by atoms with Crippen molar-refractivity contribution in [1.82, 2.24) is 13.9 Å². The van der Waals surface area contributed by atoms with Crippen molar-refractivity contribution in [1.29, 1.82) is 0 Å². The van der Waals surface area contributed by atoms with Crippen LogP contribution in [0.25, 0.3) is 0 Å². The molecule has 0 unspecified atom stereocenters. The molecule has 1 heterocycles. The molecule has 19 heavy (non-hydrogen) atoms. The molecule has 0 radical (unpaired) electrons. The Morgan fingerprint density at radius 1 is 1.26 bits per heavy atom. The lowest BCUT2D eigenvalue weighted by Gasteiger charge is -2.32. The molecule has 0 spiro atoms. The number of hydrogen-bond acceptors (Lipinski definition) is 3. The van der Waals surface area contributed by atoms with Crippen LogP contribution < -0.4 is 4.72 Å². The van der Waals surface area contributed by atoms with Crippen LogP contribution in [-0.2, 0) is 10.2 Å². The van der Waals surface area contributed by atoms with Crippen LogP contribution in [0.4, 0.5) is 0 Å². The van der Waals surface area contributed by atoms with E-state index >= 15 is 0 Å². The van der Waals surface area contributed by atoms with E-state index < -0.39 is 10.2 Å². The van der Waals surface area contributed by atoms with Gasteiger partial charge >= 0.3 is 0 Å². The van der Waals surface area contributed by atoms with Gasteiger partial charge in [0, 0.05) is 26.2 Å². The molecule has 0 aliphatic carbocycles. The molecule has 0 aromatic rings. The second-order valence-electron chi connectivity index (χ2n) is 5.17. The van der Waals surface area contributed by atoms with E-state index in [-0.39, 0.29) is 0 Å². The molecule has 114 valence electrons. The van der Waals surface area contributed by atoms with E-state index in [0.29, 0.717) is 25.6 Å². The monoisotopic (exact) mass is 291 g/mol. The zero-order valence-corrected chi connectivity index (χ0v) is 13.4. The summed E-state index contributed by atoms with van der Waals surface area (Å²) >= 11 is 0. The summed E-state index contributed by atoms with van der Waals surface area (Å²) in [5.74, 6) is 0.633. The number of piperidine rings is 1. The van der Waals surface area contributed by atoms with E-state index in [1.807, 2.05) is 13.8 Å². The highest BCUT2D eigenvalue weighted by Crippen LogP contribution is 2.18. The van der Waals surface area contributed by atoms with Gasteiger partial charge in [0.15, 0.2) is 0 Å². The molecule has 1 fully saturated rings. The summed E-state index contributed by atoms with van der Waals surface area (Å²) in [6, 6.07) is 0. The van der Waals surface area contributed by atoms with Crippen LogP contribution in [0.3, 0.4) is 0 Å². The minimum atomic E-state index is -3.27. The number of nitrogens with one attached hydrogen (secondary N) is 1. The van der Waals surface area contributed by atoms with Gasteiger partial charge in [-0.25, -0.2) is 4.72 Å². The lowest BCUT2D eigenvalue weighted by atomic mass is 9.95. The molecule has 1 saturated heterocycles. The minimum Gasteiger partial charge on any atom is -0.303 e. The molecule has 1 N–H and O–H groups in total. The Hall–Kier alpha value is -0.170. The fourth-order valence-electron chi connectivity index (χ4n) is 2.72. The smallest absolute Gasteiger partial charge is 0.279 e. The van der Waals surface area contributed by atoms with Gasteiger partial charge in [0.25, 0.3) is 10.2 Å². The van der Waals surface area contributed by atoms with Crippen LogP contribution in [0.15, 0.2) is 0 Å². The molecule has 0 saturated carbocycles. The number of hydrogen-bond donors (Lipinski definition) is 1. The van der Waals surface area contributed by atoms with Crippen molar-refractivity contribution >= 4 is 10.2 Å². The third-order valence-corrected chi connectivity index (χ3v) is 5.70. The Morgan fingerprint density at radius 3 is 2.53 bits per heavy atom. The molecule has 1 rings (SSSR count).